The van der Waals surface area contributed by atoms with Crippen LogP contribution in [0.4, 0.5) is 0 Å². The first kappa shape index (κ1) is 20.5. The van der Waals surface area contributed by atoms with E-state index in [-0.39, 0.29) is 10.8 Å². The molecule has 0 aliphatic carbocycles. The van der Waals surface area contributed by atoms with Crippen LogP contribution in [0.5, 0.6) is 0 Å². The molecule has 138 valence electrons. The third-order valence-electron chi connectivity index (χ3n) is 4.62. The second kappa shape index (κ2) is 8.24. The molecule has 2 aromatic rings. The summed E-state index contributed by atoms with van der Waals surface area (Å²) in [6.07, 6.45) is 2.63. The third-order valence-corrected chi connectivity index (χ3v) is 10.9. The molecule has 0 aromatic heterocycles. The number of rotatable bonds is 5. The average Bonchev–Trinajstić information content (AvgIpc) is 2.54. The van der Waals surface area contributed by atoms with Crippen LogP contribution in [0.1, 0.15) is 72.4 Å². The van der Waals surface area contributed by atoms with E-state index in [0.717, 1.165) is 0 Å². The molecule has 2 rings (SSSR count). The van der Waals surface area contributed by atoms with Crippen LogP contribution < -0.4 is 0 Å². The molecule has 0 amide bonds. The predicted molar refractivity (Wildman–Crippen MR) is 121 cm³/mol. The van der Waals surface area contributed by atoms with Crippen molar-refractivity contribution in [2.75, 3.05) is 4.43 Å². The van der Waals surface area contributed by atoms with Crippen molar-refractivity contribution in [3.8, 4) is 0 Å². The molecule has 0 aliphatic rings. The van der Waals surface area contributed by atoms with Crippen molar-refractivity contribution in [3.05, 3.63) is 66.8 Å². The summed E-state index contributed by atoms with van der Waals surface area (Å²) in [5.74, 6) is 0. The zero-order chi connectivity index (χ0) is 18.7. The van der Waals surface area contributed by atoms with Gasteiger partial charge in [0.2, 0.25) is 0 Å². The Bertz CT molecular complexity index is 594. The van der Waals surface area contributed by atoms with Crippen LogP contribution in [-0.2, 0) is 10.8 Å². The van der Waals surface area contributed by atoms with Crippen molar-refractivity contribution >= 4 is 19.8 Å². The van der Waals surface area contributed by atoms with Gasteiger partial charge in [-0.2, -0.15) is 0 Å². The van der Waals surface area contributed by atoms with Crippen molar-refractivity contribution in [2.24, 2.45) is 0 Å². The van der Waals surface area contributed by atoms with E-state index < -0.39 is 19.8 Å². The summed E-state index contributed by atoms with van der Waals surface area (Å²) in [5, 5.41) is 0. The van der Waals surface area contributed by atoms with E-state index in [1.807, 2.05) is 0 Å². The van der Waals surface area contributed by atoms with E-state index >= 15 is 0 Å². The molecule has 1 heteroatoms. The minimum absolute atomic E-state index is 0.231. The topological polar surface area (TPSA) is 0 Å². The zero-order valence-electron chi connectivity index (χ0n) is 17.1. The van der Waals surface area contributed by atoms with Crippen molar-refractivity contribution in [1.29, 1.82) is 0 Å². The molecule has 0 unspecified atom stereocenters. The van der Waals surface area contributed by atoms with Crippen LogP contribution in [0.2, 0.25) is 0 Å². The second-order valence-electron chi connectivity index (χ2n) is 8.92. The summed E-state index contributed by atoms with van der Waals surface area (Å²) in [5.41, 5.74) is 3.33. The summed E-state index contributed by atoms with van der Waals surface area (Å²) in [6.45, 7) is 16.1. The number of unbranched alkanes of at least 4 members (excludes halogenated alkanes) is 1. The Hall–Kier alpha value is -0.830. The minimum atomic E-state index is -1.32. The van der Waals surface area contributed by atoms with E-state index in [2.05, 4.69) is 97.0 Å². The van der Waals surface area contributed by atoms with E-state index in [1.165, 1.54) is 28.4 Å². The first-order valence-electron chi connectivity index (χ1n) is 9.50. The van der Waals surface area contributed by atoms with Crippen molar-refractivity contribution in [2.45, 2.75) is 72.1 Å². The van der Waals surface area contributed by atoms with Gasteiger partial charge in [-0.25, -0.2) is 0 Å². The SMILES string of the molecule is CCCCI(c1ccc(C(C)(C)C)cc1)c1ccc(C(C)(C)C)cc1. The normalized spacial score (nSPS) is 13.0. The molecule has 0 nitrogen and oxygen atoms in total. The Kier molecular flexibility index (Phi) is 6.75. The Morgan fingerprint density at radius 1 is 0.640 bits per heavy atom. The van der Waals surface area contributed by atoms with Gasteiger partial charge in [-0.15, -0.1) is 0 Å². The Balaban J connectivity index is 2.32. The van der Waals surface area contributed by atoms with Crippen LogP contribution in [0.25, 0.3) is 0 Å². The molecule has 0 saturated carbocycles. The summed E-state index contributed by atoms with van der Waals surface area (Å²) in [4.78, 5) is 0. The van der Waals surface area contributed by atoms with Gasteiger partial charge in [0, 0.05) is 0 Å². The van der Waals surface area contributed by atoms with E-state index in [0.29, 0.717) is 0 Å². The van der Waals surface area contributed by atoms with Gasteiger partial charge in [-0.3, -0.25) is 0 Å². The maximum atomic E-state index is 2.42. The van der Waals surface area contributed by atoms with Gasteiger partial charge in [0.1, 0.15) is 0 Å². The molecular formula is C24H35I. The molecule has 0 heterocycles. The first-order chi connectivity index (χ1) is 11.6. The molecule has 0 fully saturated rings. The van der Waals surface area contributed by atoms with Crippen molar-refractivity contribution in [1.82, 2.24) is 0 Å². The second-order valence-corrected chi connectivity index (χ2v) is 14.6. The summed E-state index contributed by atoms with van der Waals surface area (Å²) in [6, 6.07) is 19.1. The van der Waals surface area contributed by atoms with Crippen LogP contribution >= 0.6 is 19.8 Å². The van der Waals surface area contributed by atoms with Gasteiger partial charge in [0.25, 0.3) is 0 Å². The molecule has 25 heavy (non-hydrogen) atoms. The van der Waals surface area contributed by atoms with Crippen LogP contribution in [0.15, 0.2) is 48.5 Å². The van der Waals surface area contributed by atoms with Crippen LogP contribution in [-0.4, -0.2) is 4.43 Å². The molecule has 2 aromatic carbocycles. The monoisotopic (exact) mass is 450 g/mol. The molecule has 0 bridgehead atoms. The van der Waals surface area contributed by atoms with Gasteiger partial charge < -0.3 is 0 Å². The fraction of sp³-hybridized carbons (Fsp3) is 0.500. The number of benzene rings is 2. The quantitative estimate of drug-likeness (QED) is 0.325. The fourth-order valence-corrected chi connectivity index (χ4v) is 8.76. The summed E-state index contributed by atoms with van der Waals surface area (Å²) >= 11 is -1.32. The first-order valence-corrected chi connectivity index (χ1v) is 13.2. The molecule has 0 spiro atoms. The Morgan fingerprint density at radius 3 is 1.28 bits per heavy atom. The average molecular weight is 450 g/mol. The Morgan fingerprint density at radius 2 is 1.00 bits per heavy atom. The van der Waals surface area contributed by atoms with Gasteiger partial charge in [-0.1, -0.05) is 0 Å². The van der Waals surface area contributed by atoms with Gasteiger partial charge in [0.15, 0.2) is 0 Å². The molecular weight excluding hydrogens is 415 g/mol. The standard InChI is InChI=1S/C24H35I/c1-8-9-18-25(21-14-10-19(11-15-21)23(2,3)4)22-16-12-20(13-17-22)24(5,6)7/h10-17H,8-9,18H2,1-7H3. The Labute approximate surface area is 162 Å². The van der Waals surface area contributed by atoms with Crippen LogP contribution in [0.3, 0.4) is 0 Å². The van der Waals surface area contributed by atoms with Crippen molar-refractivity contribution < 1.29 is 0 Å². The summed E-state index contributed by atoms with van der Waals surface area (Å²) < 4.78 is 4.59. The van der Waals surface area contributed by atoms with Gasteiger partial charge in [-0.05, 0) is 0 Å². The maximum absolute atomic E-state index is 2.42. The molecule has 0 radical (unpaired) electrons. The summed E-state index contributed by atoms with van der Waals surface area (Å²) in [7, 11) is 0. The number of halogens is 1. The van der Waals surface area contributed by atoms with E-state index in [1.54, 1.807) is 7.14 Å². The van der Waals surface area contributed by atoms with Crippen molar-refractivity contribution in [3.63, 3.8) is 0 Å². The van der Waals surface area contributed by atoms with Gasteiger partial charge in [0.05, 0.1) is 0 Å². The van der Waals surface area contributed by atoms with Crippen LogP contribution in [0, 0.1) is 7.14 Å². The predicted octanol–water partition coefficient (Wildman–Crippen LogP) is 7.63. The zero-order valence-corrected chi connectivity index (χ0v) is 19.3. The number of alkyl halides is 1. The molecule has 0 aliphatic heterocycles. The van der Waals surface area contributed by atoms with E-state index in [4.69, 9.17) is 0 Å². The fourth-order valence-electron chi connectivity index (χ4n) is 2.82. The number of hydrogen-bond acceptors (Lipinski definition) is 0. The molecule has 0 atom stereocenters. The number of hydrogen-bond donors (Lipinski definition) is 0. The third kappa shape index (κ3) is 5.57. The van der Waals surface area contributed by atoms with Gasteiger partial charge >= 0.3 is 163 Å². The molecule has 0 saturated heterocycles. The van der Waals surface area contributed by atoms with E-state index in [9.17, 15) is 0 Å². The molecule has 0 N–H and O–H groups in total.